The summed E-state index contributed by atoms with van der Waals surface area (Å²) in [5.41, 5.74) is 1.06. The quantitative estimate of drug-likeness (QED) is 0.621. The van der Waals surface area contributed by atoms with E-state index in [1.54, 1.807) is 29.0 Å². The Morgan fingerprint density at radius 3 is 2.71 bits per heavy atom. The first-order valence-electron chi connectivity index (χ1n) is 9.00. The van der Waals surface area contributed by atoms with Crippen molar-refractivity contribution in [3.63, 3.8) is 0 Å². The second kappa shape index (κ2) is 6.79. The maximum atomic E-state index is 11.0. The van der Waals surface area contributed by atoms with Crippen LogP contribution < -0.4 is 0 Å². The van der Waals surface area contributed by atoms with Crippen molar-refractivity contribution in [1.29, 1.82) is 0 Å². The molecule has 148 valence electrons. The van der Waals surface area contributed by atoms with Gasteiger partial charge in [-0.1, -0.05) is 17.7 Å². The topological polar surface area (TPSA) is 101 Å². The normalized spacial score (nSPS) is 28.8. The number of rotatable bonds is 3. The number of benzene rings is 1. The van der Waals surface area contributed by atoms with Gasteiger partial charge in [-0.3, -0.25) is 0 Å². The number of aliphatic hydroxyl groups is 3. The molecule has 4 rings (SSSR count). The summed E-state index contributed by atoms with van der Waals surface area (Å²) >= 11 is 6.00. The van der Waals surface area contributed by atoms with Gasteiger partial charge in [-0.2, -0.15) is 0 Å². The Kier molecular flexibility index (Phi) is 4.68. The molecule has 7 nitrogen and oxygen atoms in total. The molecule has 0 radical (unpaired) electrons. The van der Waals surface area contributed by atoms with Crippen molar-refractivity contribution in [1.82, 2.24) is 14.5 Å². The van der Waals surface area contributed by atoms with Gasteiger partial charge in [-0.25, -0.2) is 9.97 Å². The molecule has 0 spiro atoms. The first-order valence-corrected chi connectivity index (χ1v) is 9.37. The fraction of sp³-hybridized carbons (Fsp3) is 0.400. The zero-order valence-corrected chi connectivity index (χ0v) is 16.5. The van der Waals surface area contributed by atoms with Crippen molar-refractivity contribution < 1.29 is 20.1 Å². The van der Waals surface area contributed by atoms with E-state index in [1.807, 2.05) is 19.9 Å². The minimum Gasteiger partial charge on any atom is -0.386 e. The van der Waals surface area contributed by atoms with Gasteiger partial charge in [-0.05, 0) is 50.1 Å². The van der Waals surface area contributed by atoms with Crippen LogP contribution in [0.2, 0.25) is 5.02 Å². The Labute approximate surface area is 167 Å². The average molecular weight is 404 g/mol. The average Bonchev–Trinajstić information content (AvgIpc) is 3.15. The van der Waals surface area contributed by atoms with Gasteiger partial charge < -0.3 is 24.6 Å². The van der Waals surface area contributed by atoms with E-state index < -0.39 is 30.1 Å². The van der Waals surface area contributed by atoms with Crippen molar-refractivity contribution in [2.45, 2.75) is 50.9 Å². The highest BCUT2D eigenvalue weighted by Crippen LogP contribution is 2.44. The van der Waals surface area contributed by atoms with Gasteiger partial charge in [0.2, 0.25) is 0 Å². The lowest BCUT2D eigenvalue weighted by Gasteiger charge is -2.30. The zero-order chi connectivity index (χ0) is 20.2. The molecule has 5 atom stereocenters. The Morgan fingerprint density at radius 1 is 1.25 bits per heavy atom. The summed E-state index contributed by atoms with van der Waals surface area (Å²) in [5, 5.41) is 34.1. The molecule has 2 aromatic heterocycles. The van der Waals surface area contributed by atoms with Gasteiger partial charge in [0, 0.05) is 16.6 Å². The monoisotopic (exact) mass is 403 g/mol. The number of aryl methyl sites for hydroxylation is 2. The van der Waals surface area contributed by atoms with E-state index in [-0.39, 0.29) is 0 Å². The van der Waals surface area contributed by atoms with Crippen molar-refractivity contribution in [3.05, 3.63) is 58.6 Å². The molecule has 0 amide bonds. The smallest absolute Gasteiger partial charge is 0.164 e. The minimum atomic E-state index is -1.69. The largest absolute Gasteiger partial charge is 0.386 e. The maximum absolute atomic E-state index is 11.0. The molecular formula is C20H22ClN3O4. The molecule has 1 aromatic carbocycles. The van der Waals surface area contributed by atoms with Crippen LogP contribution in [0, 0.1) is 13.8 Å². The van der Waals surface area contributed by atoms with Crippen LogP contribution in [0.25, 0.3) is 11.0 Å². The van der Waals surface area contributed by atoms with E-state index in [9.17, 15) is 15.3 Å². The zero-order valence-electron chi connectivity index (χ0n) is 15.7. The fourth-order valence-electron chi connectivity index (χ4n) is 3.87. The van der Waals surface area contributed by atoms with E-state index >= 15 is 0 Å². The van der Waals surface area contributed by atoms with E-state index in [0.717, 1.165) is 16.6 Å². The van der Waals surface area contributed by atoms with Crippen LogP contribution in [0.4, 0.5) is 0 Å². The third-order valence-corrected chi connectivity index (χ3v) is 5.79. The van der Waals surface area contributed by atoms with Gasteiger partial charge in [-0.15, -0.1) is 0 Å². The molecule has 3 N–H and O–H groups in total. The molecular weight excluding hydrogens is 382 g/mol. The molecule has 1 aliphatic heterocycles. The number of ether oxygens (including phenoxy) is 1. The maximum Gasteiger partial charge on any atom is 0.164 e. The minimum absolute atomic E-state index is 0.555. The second-order valence-corrected chi connectivity index (χ2v) is 7.92. The number of hydrogen-bond acceptors (Lipinski definition) is 6. The molecule has 28 heavy (non-hydrogen) atoms. The highest BCUT2D eigenvalue weighted by atomic mass is 35.5. The lowest BCUT2D eigenvalue weighted by atomic mass is 9.87. The van der Waals surface area contributed by atoms with Crippen LogP contribution in [0.3, 0.4) is 0 Å². The van der Waals surface area contributed by atoms with Crippen molar-refractivity contribution in [2.24, 2.45) is 0 Å². The first-order chi connectivity index (χ1) is 13.2. The summed E-state index contributed by atoms with van der Waals surface area (Å²) in [6, 6.07) is 6.94. The van der Waals surface area contributed by atoms with E-state index in [2.05, 4.69) is 9.97 Å². The lowest BCUT2D eigenvalue weighted by Crippen LogP contribution is -2.47. The number of aromatic nitrogens is 3. The highest BCUT2D eigenvalue weighted by Gasteiger charge is 2.56. The summed E-state index contributed by atoms with van der Waals surface area (Å²) in [6.07, 6.45) is -1.20. The van der Waals surface area contributed by atoms with Crippen LogP contribution in [0.1, 0.15) is 36.1 Å². The number of hydrogen-bond donors (Lipinski definition) is 3. The SMILES string of the molecule is Cc1cc(Cl)ccc1[C@@H](O)[C@H]1O[C@@H](n2ccc3c(C)ncnc32)[C@H](O)[C@]1(C)O. The van der Waals surface area contributed by atoms with Crippen molar-refractivity contribution in [2.75, 3.05) is 0 Å². The van der Waals surface area contributed by atoms with Gasteiger partial charge in [0.15, 0.2) is 6.23 Å². The van der Waals surface area contributed by atoms with Gasteiger partial charge in [0.05, 0.1) is 5.69 Å². The predicted molar refractivity (Wildman–Crippen MR) is 104 cm³/mol. The summed E-state index contributed by atoms with van der Waals surface area (Å²) in [5.74, 6) is 0. The predicted octanol–water partition coefficient (Wildman–Crippen LogP) is 2.44. The molecule has 8 heteroatoms. The summed E-state index contributed by atoms with van der Waals surface area (Å²) in [6.45, 7) is 5.15. The molecule has 3 aromatic rings. The molecule has 1 fully saturated rings. The third kappa shape index (κ3) is 2.91. The lowest BCUT2D eigenvalue weighted by molar-refractivity contribution is -0.115. The molecule has 1 saturated heterocycles. The van der Waals surface area contributed by atoms with Crippen LogP contribution in [0.15, 0.2) is 36.8 Å². The number of aliphatic hydroxyl groups excluding tert-OH is 2. The molecule has 0 saturated carbocycles. The summed E-state index contributed by atoms with van der Waals surface area (Å²) in [4.78, 5) is 8.45. The van der Waals surface area contributed by atoms with E-state index in [0.29, 0.717) is 16.2 Å². The number of nitrogens with zero attached hydrogens (tertiary/aromatic N) is 3. The Bertz CT molecular complexity index is 1040. The molecule has 0 bridgehead atoms. The molecule has 0 unspecified atom stereocenters. The Hall–Kier alpha value is -2.03. The third-order valence-electron chi connectivity index (χ3n) is 5.55. The molecule has 0 aliphatic carbocycles. The van der Waals surface area contributed by atoms with E-state index in [4.69, 9.17) is 16.3 Å². The molecule has 3 heterocycles. The summed E-state index contributed by atoms with van der Waals surface area (Å²) in [7, 11) is 0. The van der Waals surface area contributed by atoms with Crippen LogP contribution >= 0.6 is 11.6 Å². The first kappa shape index (κ1) is 19.3. The molecule has 1 aliphatic rings. The van der Waals surface area contributed by atoms with Crippen LogP contribution in [-0.2, 0) is 4.74 Å². The van der Waals surface area contributed by atoms with Gasteiger partial charge in [0.1, 0.15) is 35.9 Å². The second-order valence-electron chi connectivity index (χ2n) is 7.48. The van der Waals surface area contributed by atoms with Crippen LogP contribution in [-0.4, -0.2) is 47.7 Å². The van der Waals surface area contributed by atoms with Gasteiger partial charge >= 0.3 is 0 Å². The van der Waals surface area contributed by atoms with Crippen molar-refractivity contribution >= 4 is 22.6 Å². The summed E-state index contributed by atoms with van der Waals surface area (Å²) < 4.78 is 7.66. The van der Waals surface area contributed by atoms with E-state index in [1.165, 1.54) is 13.3 Å². The standard InChI is InChI=1S/C20H22ClN3O4/c1-10-8-12(21)4-5-13(10)15(25)17-20(3,27)16(26)19(28-17)24-7-6-14-11(2)22-9-23-18(14)24/h4-9,15-17,19,25-27H,1-3H3/t15-,16+,17-,19-,20+/m1/s1. The highest BCUT2D eigenvalue weighted by molar-refractivity contribution is 6.30. The number of halogens is 1. The fourth-order valence-corrected chi connectivity index (χ4v) is 4.09. The van der Waals surface area contributed by atoms with Crippen LogP contribution in [0.5, 0.6) is 0 Å². The Morgan fingerprint density at radius 2 is 2.00 bits per heavy atom. The van der Waals surface area contributed by atoms with Crippen molar-refractivity contribution in [3.8, 4) is 0 Å². The van der Waals surface area contributed by atoms with Gasteiger partial charge in [0.25, 0.3) is 0 Å². The Balaban J connectivity index is 1.72. The number of fused-ring (bicyclic) bond motifs is 1.